The lowest BCUT2D eigenvalue weighted by molar-refractivity contribution is -0.384. The number of carbonyl (C=O) groups is 4. The highest BCUT2D eigenvalue weighted by atomic mass is 16.7. The quantitative estimate of drug-likeness (QED) is 0.0161. The van der Waals surface area contributed by atoms with Crippen molar-refractivity contribution in [1.29, 1.82) is 0 Å². The molecule has 4 unspecified atom stereocenters. The van der Waals surface area contributed by atoms with Gasteiger partial charge in [-0.3, -0.25) is 29.5 Å². The number of nitro benzene ring substituents is 1. The first-order valence-electron chi connectivity index (χ1n) is 47.2. The molecule has 0 aromatic heterocycles. The first kappa shape index (κ1) is 110. The van der Waals surface area contributed by atoms with Gasteiger partial charge in [0.25, 0.3) is 5.69 Å². The van der Waals surface area contributed by atoms with Gasteiger partial charge < -0.3 is 43.3 Å². The third-order valence-corrected chi connectivity index (χ3v) is 22.3. The van der Waals surface area contributed by atoms with Crippen molar-refractivity contribution >= 4 is 29.9 Å². The van der Waals surface area contributed by atoms with Crippen LogP contribution in [0.3, 0.4) is 0 Å². The van der Waals surface area contributed by atoms with E-state index in [-0.39, 0.29) is 42.2 Å². The van der Waals surface area contributed by atoms with Crippen molar-refractivity contribution in [3.63, 3.8) is 0 Å². The molecular formula is C94H181N5O13. The number of benzene rings is 1. The SMILES string of the molecule is CCCCCCCCC(CCCCCC)COC(=O)CCCCCCCCC(CCCCCC)OC(=O)OCCN(CCN(CC)CC)C(C)C.CCCCCCCCC(CCCCCC)COC(=O)CCCCCCCCC(CCCCCC)OC(=O)Oc1ccc([N+](=O)[O-])cc1.CCN(CC)CCN(CCO)C(C)C. The summed E-state index contributed by atoms with van der Waals surface area (Å²) in [5, 5.41) is 19.8. The van der Waals surface area contributed by atoms with Gasteiger partial charge in [0.2, 0.25) is 0 Å². The van der Waals surface area contributed by atoms with Gasteiger partial charge in [0, 0.05) is 76.3 Å². The molecule has 0 aliphatic heterocycles. The van der Waals surface area contributed by atoms with Crippen LogP contribution in [0.5, 0.6) is 5.75 Å². The number of hydrogen-bond donors (Lipinski definition) is 1. The number of ether oxygens (including phenoxy) is 6. The van der Waals surface area contributed by atoms with Crippen molar-refractivity contribution in [2.45, 2.75) is 442 Å². The lowest BCUT2D eigenvalue weighted by atomic mass is 9.95. The summed E-state index contributed by atoms with van der Waals surface area (Å²) in [6.07, 6.45) is 55.2. The molecule has 0 aliphatic carbocycles. The van der Waals surface area contributed by atoms with E-state index in [4.69, 9.17) is 33.5 Å². The van der Waals surface area contributed by atoms with Crippen molar-refractivity contribution in [1.82, 2.24) is 19.6 Å². The van der Waals surface area contributed by atoms with Crippen LogP contribution in [0.2, 0.25) is 0 Å². The van der Waals surface area contributed by atoms with Gasteiger partial charge in [-0.15, -0.1) is 0 Å². The van der Waals surface area contributed by atoms with Crippen LogP contribution >= 0.6 is 0 Å². The second-order valence-corrected chi connectivity index (χ2v) is 32.6. The number of likely N-dealkylation sites (N-methyl/N-ethyl adjacent to an activating group) is 2. The van der Waals surface area contributed by atoms with Gasteiger partial charge >= 0.3 is 24.2 Å². The molecule has 0 saturated heterocycles. The van der Waals surface area contributed by atoms with E-state index in [1.807, 2.05) is 0 Å². The maximum absolute atomic E-state index is 12.7. The zero-order chi connectivity index (χ0) is 83.1. The molecule has 0 radical (unpaired) electrons. The van der Waals surface area contributed by atoms with Crippen LogP contribution in [0, 0.1) is 22.0 Å². The minimum atomic E-state index is -0.767. The Bertz CT molecular complexity index is 2220. The first-order chi connectivity index (χ1) is 54.3. The second kappa shape index (κ2) is 82.0. The minimum absolute atomic E-state index is 0.0111. The van der Waals surface area contributed by atoms with Crippen LogP contribution in [-0.4, -0.2) is 170 Å². The van der Waals surface area contributed by atoms with Crippen molar-refractivity contribution < 1.29 is 57.6 Å². The first-order valence-corrected chi connectivity index (χ1v) is 47.2. The van der Waals surface area contributed by atoms with E-state index in [0.717, 1.165) is 200 Å². The third-order valence-electron chi connectivity index (χ3n) is 22.3. The molecule has 1 aromatic rings. The molecule has 0 heterocycles. The van der Waals surface area contributed by atoms with Gasteiger partial charge in [-0.1, -0.05) is 288 Å². The summed E-state index contributed by atoms with van der Waals surface area (Å²) in [6, 6.07) is 6.34. The zero-order valence-electron chi connectivity index (χ0n) is 75.6. The number of unbranched alkanes of at least 4 members (excludes halogenated alkanes) is 32. The smallest absolute Gasteiger partial charge is 0.465 e. The van der Waals surface area contributed by atoms with Gasteiger partial charge in [0.05, 0.1) is 24.7 Å². The molecule has 1 aromatic carbocycles. The van der Waals surface area contributed by atoms with Crippen molar-refractivity contribution in [2.24, 2.45) is 11.8 Å². The molecule has 0 bridgehead atoms. The number of esters is 2. The fraction of sp³-hybridized carbons (Fsp3) is 0.894. The van der Waals surface area contributed by atoms with Gasteiger partial charge in [-0.2, -0.15) is 0 Å². The van der Waals surface area contributed by atoms with E-state index in [1.165, 1.54) is 198 Å². The van der Waals surface area contributed by atoms with Gasteiger partial charge in [0.15, 0.2) is 0 Å². The fourth-order valence-corrected chi connectivity index (χ4v) is 14.5. The number of carbonyl (C=O) groups excluding carboxylic acids is 4. The molecule has 0 amide bonds. The Morgan fingerprint density at radius 2 is 0.661 bits per heavy atom. The van der Waals surface area contributed by atoms with Crippen LogP contribution < -0.4 is 4.74 Å². The number of aliphatic hydroxyl groups is 1. The number of rotatable bonds is 77. The Morgan fingerprint density at radius 1 is 0.366 bits per heavy atom. The molecule has 660 valence electrons. The fourth-order valence-electron chi connectivity index (χ4n) is 14.5. The zero-order valence-corrected chi connectivity index (χ0v) is 75.6. The molecule has 1 N–H and O–H groups in total. The standard InChI is InChI=1S/C44H88N2O5.C39H67NO7.C11H26N2O/c1-8-13-16-19-22-26-31-41(30-25-17-14-9-2)39-50-43(47)34-29-24-21-20-23-28-33-42(32-27-18-15-10-3)51-44(48)49-38-37-46(40(6)7)36-35-45(11-4)12-5;1-4-7-10-13-16-20-25-34(24-19-11-8-5-2)33-45-38(41)28-23-18-15-14-17-22-27-36(26-21-12-9-6-3)46-39(42)47-37-31-29-35(30-32-37)40(43)44;1-5-12(6-2)7-8-13(9-10-14)11(3)4/h40-42H,8-39H2,1-7H3;29-32,34,36H,4-28,33H2,1-3H3;11,14H,5-10H2,1-4H3. The summed E-state index contributed by atoms with van der Waals surface area (Å²) in [5.74, 6) is 1.20. The largest absolute Gasteiger partial charge is 0.514 e. The summed E-state index contributed by atoms with van der Waals surface area (Å²) in [5.41, 5.74) is -0.0600. The van der Waals surface area contributed by atoms with Gasteiger partial charge in [-0.05, 0) is 168 Å². The van der Waals surface area contributed by atoms with Crippen LogP contribution in [0.15, 0.2) is 24.3 Å². The normalized spacial score (nSPS) is 12.6. The van der Waals surface area contributed by atoms with E-state index in [9.17, 15) is 29.3 Å². The van der Waals surface area contributed by atoms with Crippen LogP contribution in [0.4, 0.5) is 15.3 Å². The summed E-state index contributed by atoms with van der Waals surface area (Å²) in [4.78, 5) is 69.9. The molecule has 0 spiro atoms. The van der Waals surface area contributed by atoms with E-state index < -0.39 is 17.2 Å². The van der Waals surface area contributed by atoms with E-state index in [0.29, 0.717) is 56.6 Å². The van der Waals surface area contributed by atoms with Gasteiger partial charge in [-0.25, -0.2) is 9.59 Å². The van der Waals surface area contributed by atoms with E-state index in [2.05, 4.69) is 117 Å². The van der Waals surface area contributed by atoms with Crippen LogP contribution in [-0.2, 0) is 33.3 Å². The van der Waals surface area contributed by atoms with Crippen LogP contribution in [0.25, 0.3) is 0 Å². The van der Waals surface area contributed by atoms with Crippen molar-refractivity contribution in [3.8, 4) is 5.75 Å². The number of aliphatic hydroxyl groups excluding tert-OH is 1. The number of nitro groups is 1. The Balaban J connectivity index is 0. The van der Waals surface area contributed by atoms with Crippen LogP contribution in [0.1, 0.15) is 418 Å². The average molecular weight is 1590 g/mol. The average Bonchev–Trinajstić information content (AvgIpc) is 0.884. The highest BCUT2D eigenvalue weighted by molar-refractivity contribution is 5.69. The van der Waals surface area contributed by atoms with Gasteiger partial charge in [0.1, 0.15) is 24.6 Å². The summed E-state index contributed by atoms with van der Waals surface area (Å²) in [7, 11) is 0. The molecule has 112 heavy (non-hydrogen) atoms. The highest BCUT2D eigenvalue weighted by Crippen LogP contribution is 2.25. The molecule has 0 saturated carbocycles. The molecule has 0 fully saturated rings. The maximum Gasteiger partial charge on any atom is 0.514 e. The predicted octanol–water partition coefficient (Wildman–Crippen LogP) is 26.0. The summed E-state index contributed by atoms with van der Waals surface area (Å²) in [6.45, 7) is 42.8. The number of non-ortho nitro benzene ring substituents is 1. The van der Waals surface area contributed by atoms with E-state index >= 15 is 0 Å². The maximum atomic E-state index is 12.7. The molecular weight excluding hydrogens is 1410 g/mol. The number of nitrogens with zero attached hydrogens (tertiary/aromatic N) is 5. The Hall–Kier alpha value is -4.10. The Kier molecular flexibility index (Phi) is 80.5. The monoisotopic (exact) mass is 1590 g/mol. The van der Waals surface area contributed by atoms with Crippen molar-refractivity contribution in [2.75, 3.05) is 91.9 Å². The Morgan fingerprint density at radius 3 is 0.973 bits per heavy atom. The molecule has 18 nitrogen and oxygen atoms in total. The topological polar surface area (TPSA) is 200 Å². The highest BCUT2D eigenvalue weighted by Gasteiger charge is 2.21. The third kappa shape index (κ3) is 70.1. The number of hydrogen-bond acceptors (Lipinski definition) is 17. The van der Waals surface area contributed by atoms with Crippen molar-refractivity contribution in [3.05, 3.63) is 34.4 Å². The second-order valence-electron chi connectivity index (χ2n) is 32.6. The lowest BCUT2D eigenvalue weighted by Gasteiger charge is -2.29. The van der Waals surface area contributed by atoms with E-state index in [1.54, 1.807) is 0 Å². The molecule has 1 rings (SSSR count). The lowest BCUT2D eigenvalue weighted by Crippen LogP contribution is -2.40. The molecule has 18 heteroatoms. The Labute approximate surface area is 689 Å². The molecule has 0 aliphatic rings. The minimum Gasteiger partial charge on any atom is -0.465 e. The summed E-state index contributed by atoms with van der Waals surface area (Å²) >= 11 is 0. The molecule has 4 atom stereocenters. The predicted molar refractivity (Wildman–Crippen MR) is 470 cm³/mol. The summed E-state index contributed by atoms with van der Waals surface area (Å²) < 4.78 is 33.9.